The third kappa shape index (κ3) is 8.80. The second-order valence-electron chi connectivity index (χ2n) is 25.6. The second kappa shape index (κ2) is 17.3. The summed E-state index contributed by atoms with van der Waals surface area (Å²) in [5.74, 6) is 7.18. The Labute approximate surface area is 367 Å². The standard InChI is InChI=1S/C58H92Si/c1-11-57(33-15-13-16-34-57)39-43-37-51-47(41-25-29-45(30-26-41)55(3,4)5)21-19-23-49(51)53(43)59(9,10)54-44(40-58(12-2)35-17-14-18-36-58)38-52-48(22-20-24-50(52)54)42-27-31-46(32-28-42)56(6,7)8/h25-32,43-44,47-54H,11-24,33-40H2,1-10H3. The van der Waals surface area contributed by atoms with Crippen molar-refractivity contribution in [3.8, 4) is 0 Å². The van der Waals surface area contributed by atoms with Crippen LogP contribution < -0.4 is 0 Å². The molecule has 0 aromatic heterocycles. The first-order valence-electron chi connectivity index (χ1n) is 26.3. The summed E-state index contributed by atoms with van der Waals surface area (Å²) in [6, 6.07) is 20.5. The van der Waals surface area contributed by atoms with Gasteiger partial charge in [0.1, 0.15) is 0 Å². The summed E-state index contributed by atoms with van der Waals surface area (Å²) in [4.78, 5) is 0. The molecule has 2 aromatic rings. The molecule has 0 aliphatic heterocycles. The van der Waals surface area contributed by atoms with E-state index < -0.39 is 8.07 Å². The molecule has 1 heteroatoms. The van der Waals surface area contributed by atoms with Gasteiger partial charge >= 0.3 is 0 Å². The van der Waals surface area contributed by atoms with Crippen LogP contribution in [0.5, 0.6) is 0 Å². The van der Waals surface area contributed by atoms with Crippen LogP contribution in [0.25, 0.3) is 0 Å². The molecule has 0 heterocycles. The summed E-state index contributed by atoms with van der Waals surface area (Å²) >= 11 is 0. The Bertz CT molecular complexity index is 1530. The molecule has 0 bridgehead atoms. The van der Waals surface area contributed by atoms with E-state index in [1.807, 2.05) is 0 Å². The number of rotatable bonds is 10. The monoisotopic (exact) mass is 817 g/mol. The predicted molar refractivity (Wildman–Crippen MR) is 259 cm³/mol. The van der Waals surface area contributed by atoms with Gasteiger partial charge in [-0.05, 0) is 167 Å². The van der Waals surface area contributed by atoms with Gasteiger partial charge in [0.15, 0.2) is 0 Å². The molecule has 0 saturated heterocycles. The van der Waals surface area contributed by atoms with Gasteiger partial charge in [-0.15, -0.1) is 0 Å². The van der Waals surface area contributed by atoms with Gasteiger partial charge in [-0.2, -0.15) is 0 Å². The molecule has 6 aliphatic rings. The van der Waals surface area contributed by atoms with Crippen molar-refractivity contribution < 1.29 is 0 Å². The Morgan fingerprint density at radius 1 is 0.475 bits per heavy atom. The topological polar surface area (TPSA) is 0 Å². The van der Waals surface area contributed by atoms with Crippen molar-refractivity contribution in [2.24, 2.45) is 46.3 Å². The summed E-state index contributed by atoms with van der Waals surface area (Å²) in [5, 5.41) is 0. The summed E-state index contributed by atoms with van der Waals surface area (Å²) in [5.41, 5.74) is 10.1. The van der Waals surface area contributed by atoms with E-state index in [1.165, 1.54) is 127 Å². The average molecular weight is 817 g/mol. The van der Waals surface area contributed by atoms with Gasteiger partial charge in [0.25, 0.3) is 0 Å². The van der Waals surface area contributed by atoms with Gasteiger partial charge in [0.2, 0.25) is 0 Å². The molecule has 6 saturated carbocycles. The van der Waals surface area contributed by atoms with Gasteiger partial charge in [-0.25, -0.2) is 0 Å². The normalized spacial score (nSPS) is 34.9. The molecule has 8 rings (SSSR count). The van der Waals surface area contributed by atoms with Crippen LogP contribution in [0.2, 0.25) is 24.2 Å². The van der Waals surface area contributed by atoms with Crippen LogP contribution in [0.1, 0.15) is 231 Å². The molecule has 2 aromatic carbocycles. The molecular formula is C58H92Si. The first-order valence-corrected chi connectivity index (χ1v) is 29.4. The van der Waals surface area contributed by atoms with E-state index in [4.69, 9.17) is 0 Å². The lowest BCUT2D eigenvalue weighted by Crippen LogP contribution is -2.48. The van der Waals surface area contributed by atoms with Gasteiger partial charge in [-0.1, -0.05) is 194 Å². The van der Waals surface area contributed by atoms with Crippen molar-refractivity contribution in [3.63, 3.8) is 0 Å². The van der Waals surface area contributed by atoms with E-state index >= 15 is 0 Å². The zero-order chi connectivity index (χ0) is 41.8. The third-order valence-electron chi connectivity index (χ3n) is 20.2. The summed E-state index contributed by atoms with van der Waals surface area (Å²) in [7, 11) is -1.77. The lowest BCUT2D eigenvalue weighted by Gasteiger charge is -2.51. The first-order chi connectivity index (χ1) is 28.1. The maximum absolute atomic E-state index is 3.08. The predicted octanol–water partition coefficient (Wildman–Crippen LogP) is 18.0. The fraction of sp³-hybridized carbons (Fsp3) is 0.793. The largest absolute Gasteiger partial charge is 0.0689 e. The molecule has 0 amide bonds. The second-order valence-corrected chi connectivity index (χ2v) is 30.6. The van der Waals surface area contributed by atoms with Crippen molar-refractivity contribution in [2.45, 2.75) is 243 Å². The Hall–Kier alpha value is -1.34. The van der Waals surface area contributed by atoms with Gasteiger partial charge in [0, 0.05) is 0 Å². The molecule has 0 nitrogen and oxygen atoms in total. The first kappa shape index (κ1) is 44.3. The van der Waals surface area contributed by atoms with Crippen LogP contribution in [-0.2, 0) is 10.8 Å². The highest BCUT2D eigenvalue weighted by atomic mass is 28.3. The molecule has 328 valence electrons. The van der Waals surface area contributed by atoms with Crippen LogP contribution in [0.3, 0.4) is 0 Å². The third-order valence-corrected chi connectivity index (χ3v) is 25.4. The van der Waals surface area contributed by atoms with Crippen LogP contribution in [-0.4, -0.2) is 8.07 Å². The molecule has 6 fully saturated rings. The Morgan fingerprint density at radius 2 is 0.831 bits per heavy atom. The molecule has 6 aliphatic carbocycles. The van der Waals surface area contributed by atoms with Crippen molar-refractivity contribution in [1.29, 1.82) is 0 Å². The summed E-state index contributed by atoms with van der Waals surface area (Å²) in [6.07, 6.45) is 33.0. The molecule has 10 unspecified atom stereocenters. The van der Waals surface area contributed by atoms with E-state index in [2.05, 4.69) is 117 Å². The van der Waals surface area contributed by atoms with Crippen LogP contribution in [0.4, 0.5) is 0 Å². The van der Waals surface area contributed by atoms with Gasteiger partial charge < -0.3 is 0 Å². The van der Waals surface area contributed by atoms with E-state index in [0.717, 1.165) is 58.4 Å². The molecule has 0 N–H and O–H groups in total. The minimum absolute atomic E-state index is 0.221. The summed E-state index contributed by atoms with van der Waals surface area (Å²) in [6.45, 7) is 25.7. The highest BCUT2D eigenvalue weighted by molar-refractivity contribution is 6.80. The number of fused-ring (bicyclic) bond motifs is 2. The molecular weight excluding hydrogens is 725 g/mol. The van der Waals surface area contributed by atoms with Gasteiger partial charge in [0.05, 0.1) is 8.07 Å². The number of hydrogen-bond donors (Lipinski definition) is 0. The highest BCUT2D eigenvalue weighted by Gasteiger charge is 2.62. The zero-order valence-corrected chi connectivity index (χ0v) is 41.4. The fourth-order valence-electron chi connectivity index (χ4n) is 17.2. The van der Waals surface area contributed by atoms with Crippen LogP contribution >= 0.6 is 0 Å². The van der Waals surface area contributed by atoms with E-state index in [9.17, 15) is 0 Å². The van der Waals surface area contributed by atoms with Crippen molar-refractivity contribution in [3.05, 3.63) is 70.8 Å². The number of hydrogen-bond acceptors (Lipinski definition) is 0. The Morgan fingerprint density at radius 3 is 1.15 bits per heavy atom. The van der Waals surface area contributed by atoms with Crippen molar-refractivity contribution in [1.82, 2.24) is 0 Å². The molecule has 0 radical (unpaired) electrons. The average Bonchev–Trinajstić information content (AvgIpc) is 3.79. The smallest absolute Gasteiger partial charge is 0.0547 e. The Balaban J connectivity index is 1.18. The molecule has 59 heavy (non-hydrogen) atoms. The van der Waals surface area contributed by atoms with Crippen molar-refractivity contribution >= 4 is 8.07 Å². The lowest BCUT2D eigenvalue weighted by molar-refractivity contribution is 0.129. The highest BCUT2D eigenvalue weighted by Crippen LogP contribution is 2.70. The van der Waals surface area contributed by atoms with Crippen molar-refractivity contribution in [2.75, 3.05) is 0 Å². The van der Waals surface area contributed by atoms with E-state index in [1.54, 1.807) is 36.8 Å². The van der Waals surface area contributed by atoms with Crippen LogP contribution in [0.15, 0.2) is 48.5 Å². The SMILES string of the molecule is CCC1(CC2CC3C(c4ccc(C(C)(C)C)cc4)CCCC3C2[Si](C)(C)C2C(CC3(CC)CCCCC3)CC3C(c4ccc(C(C)(C)C)cc4)CCCC32)CCCCC1. The lowest BCUT2D eigenvalue weighted by atomic mass is 9.67. The Kier molecular flexibility index (Phi) is 13.0. The molecule has 10 atom stereocenters. The minimum Gasteiger partial charge on any atom is -0.0689 e. The quantitative estimate of drug-likeness (QED) is 0.210. The summed E-state index contributed by atoms with van der Waals surface area (Å²) < 4.78 is 0. The van der Waals surface area contributed by atoms with E-state index in [-0.39, 0.29) is 10.8 Å². The van der Waals surface area contributed by atoms with Crippen LogP contribution in [0, 0.1) is 46.3 Å². The fourth-order valence-corrected chi connectivity index (χ4v) is 23.6. The maximum Gasteiger partial charge on any atom is 0.0547 e. The molecule has 0 spiro atoms. The zero-order valence-electron chi connectivity index (χ0n) is 40.4. The van der Waals surface area contributed by atoms with E-state index in [0.29, 0.717) is 10.8 Å². The van der Waals surface area contributed by atoms with Gasteiger partial charge in [-0.3, -0.25) is 0 Å². The number of benzene rings is 2. The minimum atomic E-state index is -1.77. The maximum atomic E-state index is 3.08.